The molecule has 1 aliphatic rings. The molecule has 1 heterocycles. The summed E-state index contributed by atoms with van der Waals surface area (Å²) in [6, 6.07) is 13.6. The number of ether oxygens (including phenoxy) is 1. The van der Waals surface area contributed by atoms with Gasteiger partial charge in [-0.3, -0.25) is 0 Å². The molecule has 0 radical (unpaired) electrons. The van der Waals surface area contributed by atoms with Crippen LogP contribution >= 0.6 is 0 Å². The molecule has 0 saturated heterocycles. The van der Waals surface area contributed by atoms with Crippen molar-refractivity contribution < 1.29 is 19.6 Å². The topological polar surface area (TPSA) is 63.3 Å². The van der Waals surface area contributed by atoms with E-state index in [9.17, 15) is 10.0 Å². The molecule has 5 nitrogen and oxygen atoms in total. The van der Waals surface area contributed by atoms with E-state index in [1.807, 2.05) is 49.4 Å². The van der Waals surface area contributed by atoms with Crippen molar-refractivity contribution in [3.05, 3.63) is 59.2 Å². The summed E-state index contributed by atoms with van der Waals surface area (Å²) >= 11 is 0. The van der Waals surface area contributed by atoms with Crippen LogP contribution in [0.1, 0.15) is 42.9 Å². The van der Waals surface area contributed by atoms with Crippen molar-refractivity contribution in [2.24, 2.45) is 5.16 Å². The Bertz CT molecular complexity index is 830. The minimum Gasteiger partial charge on any atom is -0.493 e. The Morgan fingerprint density at radius 1 is 1.15 bits per heavy atom. The molecule has 0 saturated carbocycles. The van der Waals surface area contributed by atoms with Crippen LogP contribution in [0.5, 0.6) is 5.75 Å². The first kappa shape index (κ1) is 18.1. The summed E-state index contributed by atoms with van der Waals surface area (Å²) in [5.41, 5.74) is 3.67. The van der Waals surface area contributed by atoms with Gasteiger partial charge in [-0.1, -0.05) is 43.1 Å². The predicted octanol–water partition coefficient (Wildman–Crippen LogP) is 3.00. The first-order chi connectivity index (χ1) is 12.7. The number of carbonyl (C=O) groups is 1. The quantitative estimate of drug-likeness (QED) is 0.457. The second-order valence-electron chi connectivity index (χ2n) is 6.65. The molecule has 1 amide bonds. The molecule has 2 N–H and O–H groups in total. The van der Waals surface area contributed by atoms with Gasteiger partial charge >= 0.3 is 5.91 Å². The van der Waals surface area contributed by atoms with Gasteiger partial charge in [0.2, 0.25) is 5.71 Å². The number of nitrogens with one attached hydrogen (secondary N) is 1. The second kappa shape index (κ2) is 8.15. The Labute approximate surface area is 153 Å². The van der Waals surface area contributed by atoms with Gasteiger partial charge in [-0.15, -0.1) is 0 Å². The molecule has 1 atom stereocenters. The highest BCUT2D eigenvalue weighted by Crippen LogP contribution is 2.22. The van der Waals surface area contributed by atoms with Crippen molar-refractivity contribution in [3.63, 3.8) is 0 Å². The molecule has 0 spiro atoms. The SMILES string of the molecule is CCCCCOc1ccccc1C[NH+]1C(=O)C(=NO)c2cc(C)ccc21. The maximum absolute atomic E-state index is 12.8. The maximum atomic E-state index is 12.8. The highest BCUT2D eigenvalue weighted by atomic mass is 16.5. The van der Waals surface area contributed by atoms with Crippen LogP contribution in [0.15, 0.2) is 47.6 Å². The van der Waals surface area contributed by atoms with E-state index in [1.54, 1.807) is 0 Å². The van der Waals surface area contributed by atoms with E-state index in [1.165, 1.54) is 0 Å². The fraction of sp³-hybridized carbons (Fsp3) is 0.333. The molecule has 136 valence electrons. The van der Waals surface area contributed by atoms with Crippen molar-refractivity contribution in [3.8, 4) is 5.75 Å². The summed E-state index contributed by atoms with van der Waals surface area (Å²) in [5, 5.41) is 12.6. The van der Waals surface area contributed by atoms with Crippen molar-refractivity contribution in [2.75, 3.05) is 6.61 Å². The number of quaternary nitrogens is 1. The molecule has 2 aromatic carbocycles. The van der Waals surface area contributed by atoms with Gasteiger partial charge in [0.15, 0.2) is 0 Å². The first-order valence-corrected chi connectivity index (χ1v) is 9.10. The molecular weight excluding hydrogens is 328 g/mol. The molecule has 2 aromatic rings. The van der Waals surface area contributed by atoms with Gasteiger partial charge in [0.25, 0.3) is 0 Å². The molecule has 0 bridgehead atoms. The Balaban J connectivity index is 1.85. The van der Waals surface area contributed by atoms with E-state index in [2.05, 4.69) is 12.1 Å². The number of hydrogen-bond donors (Lipinski definition) is 2. The molecule has 5 heteroatoms. The highest BCUT2D eigenvalue weighted by Gasteiger charge is 2.41. The van der Waals surface area contributed by atoms with Gasteiger partial charge < -0.3 is 9.94 Å². The zero-order chi connectivity index (χ0) is 18.5. The van der Waals surface area contributed by atoms with Crippen LogP contribution in [0, 0.1) is 6.92 Å². The zero-order valence-electron chi connectivity index (χ0n) is 15.3. The fourth-order valence-electron chi connectivity index (χ4n) is 3.29. The van der Waals surface area contributed by atoms with Crippen LogP contribution in [-0.2, 0) is 11.3 Å². The van der Waals surface area contributed by atoms with Gasteiger partial charge in [-0.05, 0) is 37.1 Å². The minimum atomic E-state index is -0.214. The summed E-state index contributed by atoms with van der Waals surface area (Å²) in [5.74, 6) is 0.598. The number of oxime groups is 1. The summed E-state index contributed by atoms with van der Waals surface area (Å²) in [4.78, 5) is 13.4. The maximum Gasteiger partial charge on any atom is 0.372 e. The van der Waals surface area contributed by atoms with Crippen LogP contribution in [0.4, 0.5) is 5.69 Å². The number of aryl methyl sites for hydroxylation is 1. The highest BCUT2D eigenvalue weighted by molar-refractivity contribution is 6.45. The third kappa shape index (κ3) is 3.63. The average Bonchev–Trinajstić information content (AvgIpc) is 2.90. The third-order valence-corrected chi connectivity index (χ3v) is 4.69. The Hall–Kier alpha value is -2.66. The lowest BCUT2D eigenvalue weighted by molar-refractivity contribution is -0.757. The number of para-hydroxylation sites is 1. The van der Waals surface area contributed by atoms with Crippen LogP contribution in [0.25, 0.3) is 0 Å². The number of fused-ring (bicyclic) bond motifs is 1. The van der Waals surface area contributed by atoms with Gasteiger partial charge in [0.05, 0.1) is 12.2 Å². The normalized spacial score (nSPS) is 17.5. The molecule has 1 aliphatic heterocycles. The van der Waals surface area contributed by atoms with E-state index in [0.29, 0.717) is 23.6 Å². The Morgan fingerprint density at radius 3 is 2.73 bits per heavy atom. The summed E-state index contributed by atoms with van der Waals surface area (Å²) in [6.45, 7) is 5.25. The number of rotatable bonds is 7. The lowest BCUT2D eigenvalue weighted by atomic mass is 10.1. The van der Waals surface area contributed by atoms with E-state index in [-0.39, 0.29) is 11.6 Å². The molecular formula is C21H25N2O3+. The lowest BCUT2D eigenvalue weighted by Gasteiger charge is -2.15. The number of nitrogens with zero attached hydrogens (tertiary/aromatic N) is 1. The molecule has 0 aliphatic carbocycles. The number of carbonyl (C=O) groups excluding carboxylic acids is 1. The number of amides is 1. The smallest absolute Gasteiger partial charge is 0.372 e. The van der Waals surface area contributed by atoms with Gasteiger partial charge in [0, 0.05) is 11.6 Å². The molecule has 0 aromatic heterocycles. The minimum absolute atomic E-state index is 0.125. The van der Waals surface area contributed by atoms with Crippen molar-refractivity contribution in [1.82, 2.24) is 0 Å². The van der Waals surface area contributed by atoms with Crippen LogP contribution < -0.4 is 9.64 Å². The summed E-state index contributed by atoms with van der Waals surface area (Å²) in [6.07, 6.45) is 3.31. The summed E-state index contributed by atoms with van der Waals surface area (Å²) < 4.78 is 5.94. The van der Waals surface area contributed by atoms with Crippen LogP contribution in [0.2, 0.25) is 0 Å². The number of unbranched alkanes of at least 4 members (excludes halogenated alkanes) is 2. The van der Waals surface area contributed by atoms with Crippen LogP contribution in [-0.4, -0.2) is 23.4 Å². The fourth-order valence-corrected chi connectivity index (χ4v) is 3.29. The van der Waals surface area contributed by atoms with E-state index in [4.69, 9.17) is 4.74 Å². The first-order valence-electron chi connectivity index (χ1n) is 9.10. The molecule has 3 rings (SSSR count). The molecule has 0 fully saturated rings. The summed E-state index contributed by atoms with van der Waals surface area (Å²) in [7, 11) is 0. The predicted molar refractivity (Wildman–Crippen MR) is 100 cm³/mol. The Kier molecular flexibility index (Phi) is 5.68. The monoisotopic (exact) mass is 353 g/mol. The van der Waals surface area contributed by atoms with E-state index >= 15 is 0 Å². The molecule has 1 unspecified atom stereocenters. The van der Waals surface area contributed by atoms with Crippen LogP contribution in [0.3, 0.4) is 0 Å². The third-order valence-electron chi connectivity index (χ3n) is 4.69. The average molecular weight is 353 g/mol. The Morgan fingerprint density at radius 2 is 1.96 bits per heavy atom. The van der Waals surface area contributed by atoms with E-state index in [0.717, 1.165) is 41.8 Å². The van der Waals surface area contributed by atoms with Crippen molar-refractivity contribution in [2.45, 2.75) is 39.7 Å². The molecule has 26 heavy (non-hydrogen) atoms. The van der Waals surface area contributed by atoms with Gasteiger partial charge in [-0.25, -0.2) is 9.69 Å². The largest absolute Gasteiger partial charge is 0.493 e. The van der Waals surface area contributed by atoms with Gasteiger partial charge in [-0.2, -0.15) is 0 Å². The lowest BCUT2D eigenvalue weighted by Crippen LogP contribution is -3.07. The standard InChI is InChI=1S/C21H24N2O3/c1-3-4-7-12-26-19-9-6-5-8-16(19)14-23-18-11-10-15(2)13-17(18)20(22-25)21(23)24/h5-6,8-11,13,25H,3-4,7,12,14H2,1-2H3/p+1. The second-order valence-corrected chi connectivity index (χ2v) is 6.65. The van der Waals surface area contributed by atoms with Gasteiger partial charge in [0.1, 0.15) is 18.0 Å². The number of benzene rings is 2. The van der Waals surface area contributed by atoms with Crippen molar-refractivity contribution in [1.29, 1.82) is 0 Å². The number of hydrogen-bond acceptors (Lipinski definition) is 4. The van der Waals surface area contributed by atoms with E-state index < -0.39 is 0 Å². The zero-order valence-corrected chi connectivity index (χ0v) is 15.3. The van der Waals surface area contributed by atoms with Crippen molar-refractivity contribution >= 4 is 17.3 Å².